The van der Waals surface area contributed by atoms with E-state index in [0.29, 0.717) is 19.3 Å². The van der Waals surface area contributed by atoms with Gasteiger partial charge >= 0.3 is 17.9 Å². The molecule has 0 aromatic carbocycles. The van der Waals surface area contributed by atoms with Gasteiger partial charge in [-0.25, -0.2) is 0 Å². The number of hydrogen-bond acceptors (Lipinski definition) is 6. The van der Waals surface area contributed by atoms with Crippen LogP contribution >= 0.6 is 0 Å². The highest BCUT2D eigenvalue weighted by Gasteiger charge is 2.19. The predicted octanol–water partition coefficient (Wildman–Crippen LogP) is 23.0. The number of carbonyl (C=O) groups is 3. The van der Waals surface area contributed by atoms with E-state index >= 15 is 0 Å². The average molecular weight is 1140 g/mol. The second-order valence-electron chi connectivity index (χ2n) is 20.9. The summed E-state index contributed by atoms with van der Waals surface area (Å²) in [6, 6.07) is 0. The van der Waals surface area contributed by atoms with Crippen LogP contribution in [0.1, 0.15) is 252 Å². The van der Waals surface area contributed by atoms with Crippen molar-refractivity contribution in [1.29, 1.82) is 0 Å². The standard InChI is InChI=1S/C77H118O6/c1-4-7-10-13-16-19-22-25-28-31-33-35-36-37-38-39-40-42-43-46-49-52-55-58-61-64-67-70-76(79)82-73-74(72-81-75(78)69-66-63-60-57-54-51-48-45-30-27-24-21-18-15-12-9-6-3)83-77(80)71-68-65-62-59-56-53-50-47-44-41-34-32-29-26-23-20-17-14-11-8-5-2/h7-12,16-21,25-30,33-35,37-38,40-42,46,48-49,51,55,58,74H,4-6,13-15,22-24,31-32,36,39,43-45,47,50,52-54,56-57,59-73H2,1-3H3/b10-7-,11-8-,12-9-,19-16-,20-17-,21-18-,28-25-,29-26-,30-27-,35-33-,38-37-,41-34-,42-40-,49-46-,51-48-,58-55-. The lowest BCUT2D eigenvalue weighted by molar-refractivity contribution is -0.167. The third-order valence-corrected chi connectivity index (χ3v) is 13.1. The van der Waals surface area contributed by atoms with Crippen molar-refractivity contribution in [2.45, 2.75) is 258 Å². The van der Waals surface area contributed by atoms with E-state index in [1.54, 1.807) is 0 Å². The zero-order valence-electron chi connectivity index (χ0n) is 52.9. The van der Waals surface area contributed by atoms with E-state index in [4.69, 9.17) is 14.2 Å². The van der Waals surface area contributed by atoms with Crippen molar-refractivity contribution in [3.8, 4) is 0 Å². The normalized spacial score (nSPS) is 13.4. The summed E-state index contributed by atoms with van der Waals surface area (Å²) < 4.78 is 16.9. The Balaban J connectivity index is 4.55. The Labute approximate surface area is 509 Å². The molecule has 0 spiro atoms. The molecule has 0 saturated carbocycles. The second-order valence-corrected chi connectivity index (χ2v) is 20.9. The van der Waals surface area contributed by atoms with Gasteiger partial charge in [-0.1, -0.05) is 267 Å². The highest BCUT2D eigenvalue weighted by atomic mass is 16.6. The fourth-order valence-corrected chi connectivity index (χ4v) is 8.26. The summed E-state index contributed by atoms with van der Waals surface area (Å²) in [5, 5.41) is 0. The van der Waals surface area contributed by atoms with Gasteiger partial charge in [0, 0.05) is 19.3 Å². The molecule has 0 amide bonds. The van der Waals surface area contributed by atoms with Crippen LogP contribution in [0.4, 0.5) is 0 Å². The Morgan fingerprint density at radius 3 is 0.699 bits per heavy atom. The van der Waals surface area contributed by atoms with E-state index < -0.39 is 6.10 Å². The molecule has 6 heteroatoms. The predicted molar refractivity (Wildman–Crippen MR) is 361 cm³/mol. The third kappa shape index (κ3) is 66.9. The lowest BCUT2D eigenvalue weighted by atomic mass is 10.1. The minimum atomic E-state index is -0.825. The molecule has 0 saturated heterocycles. The summed E-state index contributed by atoms with van der Waals surface area (Å²) in [4.78, 5) is 38.4. The molecule has 0 fully saturated rings. The molecule has 0 N–H and O–H groups in total. The molecule has 0 aliphatic carbocycles. The topological polar surface area (TPSA) is 78.9 Å². The number of allylic oxidation sites excluding steroid dienone is 32. The van der Waals surface area contributed by atoms with Gasteiger partial charge in [-0.05, 0) is 161 Å². The molecule has 83 heavy (non-hydrogen) atoms. The highest BCUT2D eigenvalue weighted by Crippen LogP contribution is 2.14. The Hall–Kier alpha value is -5.75. The van der Waals surface area contributed by atoms with Crippen molar-refractivity contribution in [3.05, 3.63) is 194 Å². The van der Waals surface area contributed by atoms with E-state index in [1.165, 1.54) is 32.1 Å². The van der Waals surface area contributed by atoms with E-state index in [0.717, 1.165) is 173 Å². The molecule has 1 unspecified atom stereocenters. The SMILES string of the molecule is CC/C=C\C/C=C\C/C=C\C/C=C\C/C=C\C/C=C\C/C=C\C/C=C\CCCCC(=O)OCC(COC(=O)CCCCCC/C=C\C/C=C\C/C=C\C/C=C\CC)OC(=O)CCCCCCCCCC/C=C\C/C=C\C/C=C\C/C=C\CC. The smallest absolute Gasteiger partial charge is 0.306 e. The molecule has 462 valence electrons. The van der Waals surface area contributed by atoms with Gasteiger partial charge < -0.3 is 14.2 Å². The molecule has 0 heterocycles. The second kappa shape index (κ2) is 68.7. The number of ether oxygens (including phenoxy) is 3. The lowest BCUT2D eigenvalue weighted by Gasteiger charge is -2.18. The van der Waals surface area contributed by atoms with Gasteiger partial charge in [-0.3, -0.25) is 14.4 Å². The summed E-state index contributed by atoms with van der Waals surface area (Å²) >= 11 is 0. The van der Waals surface area contributed by atoms with Gasteiger partial charge in [0.15, 0.2) is 6.10 Å². The van der Waals surface area contributed by atoms with Crippen LogP contribution in [-0.2, 0) is 28.6 Å². The Bertz CT molecular complexity index is 1990. The van der Waals surface area contributed by atoms with Gasteiger partial charge in [0.05, 0.1) is 0 Å². The minimum absolute atomic E-state index is 0.118. The number of unbranched alkanes of at least 4 members (excludes halogenated alkanes) is 14. The van der Waals surface area contributed by atoms with Crippen LogP contribution in [0.15, 0.2) is 194 Å². The minimum Gasteiger partial charge on any atom is -0.462 e. The van der Waals surface area contributed by atoms with Crippen LogP contribution < -0.4 is 0 Å². The van der Waals surface area contributed by atoms with Crippen LogP contribution in [0, 0.1) is 0 Å². The summed E-state index contributed by atoms with van der Waals surface area (Å²) in [7, 11) is 0. The maximum atomic E-state index is 12.9. The molecule has 0 radical (unpaired) electrons. The fraction of sp³-hybridized carbons (Fsp3) is 0.545. The first-order valence-corrected chi connectivity index (χ1v) is 32.9. The number of rotatable bonds is 57. The average Bonchev–Trinajstić information content (AvgIpc) is 3.49. The zero-order chi connectivity index (χ0) is 59.9. The van der Waals surface area contributed by atoms with E-state index in [1.807, 2.05) is 0 Å². The first-order valence-electron chi connectivity index (χ1n) is 32.9. The molecular weight excluding hydrogens is 1020 g/mol. The number of hydrogen-bond donors (Lipinski definition) is 0. The zero-order valence-corrected chi connectivity index (χ0v) is 52.9. The Morgan fingerprint density at radius 1 is 0.241 bits per heavy atom. The molecule has 0 aliphatic heterocycles. The van der Waals surface area contributed by atoms with Crippen molar-refractivity contribution in [2.24, 2.45) is 0 Å². The van der Waals surface area contributed by atoms with Gasteiger partial charge in [-0.2, -0.15) is 0 Å². The van der Waals surface area contributed by atoms with Gasteiger partial charge in [-0.15, -0.1) is 0 Å². The van der Waals surface area contributed by atoms with Crippen molar-refractivity contribution < 1.29 is 28.6 Å². The van der Waals surface area contributed by atoms with Crippen LogP contribution in [-0.4, -0.2) is 37.2 Å². The summed E-state index contributed by atoms with van der Waals surface area (Å²) in [5.74, 6) is -1.00. The highest BCUT2D eigenvalue weighted by molar-refractivity contribution is 5.71. The number of carbonyl (C=O) groups excluding carboxylic acids is 3. The molecule has 0 bridgehead atoms. The van der Waals surface area contributed by atoms with Crippen molar-refractivity contribution in [2.75, 3.05) is 13.2 Å². The Morgan fingerprint density at radius 2 is 0.434 bits per heavy atom. The van der Waals surface area contributed by atoms with E-state index in [2.05, 4.69) is 215 Å². The lowest BCUT2D eigenvalue weighted by Crippen LogP contribution is -2.30. The molecule has 0 aromatic heterocycles. The molecule has 0 aromatic rings. The summed E-state index contributed by atoms with van der Waals surface area (Å²) in [6.45, 7) is 6.23. The number of esters is 3. The van der Waals surface area contributed by atoms with E-state index in [-0.39, 0.29) is 37.5 Å². The van der Waals surface area contributed by atoms with Gasteiger partial charge in [0.25, 0.3) is 0 Å². The summed E-state index contributed by atoms with van der Waals surface area (Å²) in [5.41, 5.74) is 0. The van der Waals surface area contributed by atoms with Crippen LogP contribution in [0.3, 0.4) is 0 Å². The van der Waals surface area contributed by atoms with Crippen LogP contribution in [0.2, 0.25) is 0 Å². The van der Waals surface area contributed by atoms with E-state index in [9.17, 15) is 14.4 Å². The monoisotopic (exact) mass is 1140 g/mol. The van der Waals surface area contributed by atoms with Crippen molar-refractivity contribution in [1.82, 2.24) is 0 Å². The first kappa shape index (κ1) is 77.2. The quantitative estimate of drug-likeness (QED) is 0.0261. The summed E-state index contributed by atoms with van der Waals surface area (Å²) in [6.07, 6.45) is 104. The van der Waals surface area contributed by atoms with Crippen molar-refractivity contribution >= 4 is 17.9 Å². The molecule has 0 aliphatic rings. The fourth-order valence-electron chi connectivity index (χ4n) is 8.26. The largest absolute Gasteiger partial charge is 0.462 e. The van der Waals surface area contributed by atoms with Crippen LogP contribution in [0.5, 0.6) is 0 Å². The molecule has 1 atom stereocenters. The molecule has 6 nitrogen and oxygen atoms in total. The van der Waals surface area contributed by atoms with Gasteiger partial charge in [0.2, 0.25) is 0 Å². The first-order chi connectivity index (χ1) is 41.0. The Kier molecular flexibility index (Phi) is 64.0. The van der Waals surface area contributed by atoms with Crippen LogP contribution in [0.25, 0.3) is 0 Å². The maximum absolute atomic E-state index is 12.9. The van der Waals surface area contributed by atoms with Gasteiger partial charge in [0.1, 0.15) is 13.2 Å². The molecular formula is C77H118O6. The maximum Gasteiger partial charge on any atom is 0.306 e. The molecule has 0 rings (SSSR count). The third-order valence-electron chi connectivity index (χ3n) is 13.1. The van der Waals surface area contributed by atoms with Crippen molar-refractivity contribution in [3.63, 3.8) is 0 Å².